The molecule has 0 radical (unpaired) electrons. The average molecular weight is 329 g/mol. The number of hydroxylamine groups is 2. The summed E-state index contributed by atoms with van der Waals surface area (Å²) in [6.45, 7) is 1.81. The van der Waals surface area contributed by atoms with E-state index in [4.69, 9.17) is 20.6 Å². The van der Waals surface area contributed by atoms with Crippen molar-refractivity contribution in [2.75, 3.05) is 46.2 Å². The van der Waals surface area contributed by atoms with Crippen LogP contribution in [0.5, 0.6) is 0 Å². The van der Waals surface area contributed by atoms with E-state index in [0.717, 1.165) is 0 Å². The number of ether oxygens (including phenoxy) is 4. The van der Waals surface area contributed by atoms with Crippen molar-refractivity contribution in [3.63, 3.8) is 0 Å². The van der Waals surface area contributed by atoms with Crippen LogP contribution in [-0.4, -0.2) is 69.3 Å². The summed E-state index contributed by atoms with van der Waals surface area (Å²) in [7, 11) is 0. The molecule has 0 saturated carbocycles. The highest BCUT2D eigenvalue weighted by Gasteiger charge is 2.33. The lowest BCUT2D eigenvalue weighted by atomic mass is 10.4. The zero-order valence-corrected chi connectivity index (χ0v) is 12.7. The van der Waals surface area contributed by atoms with Gasteiger partial charge in [-0.05, 0) is 0 Å². The minimum Gasteiger partial charge on any atom is -0.430 e. The number of amides is 2. The van der Waals surface area contributed by atoms with Crippen LogP contribution in [0.2, 0.25) is 0 Å². The molecule has 0 N–H and O–H groups in total. The van der Waals surface area contributed by atoms with Crippen molar-refractivity contribution in [1.82, 2.24) is 5.06 Å². The first-order valence-corrected chi connectivity index (χ1v) is 7.02. The van der Waals surface area contributed by atoms with Crippen molar-refractivity contribution in [1.29, 1.82) is 0 Å². The molecular formula is C14H19NO8. The summed E-state index contributed by atoms with van der Waals surface area (Å²) in [5.74, 6) is 1.21. The van der Waals surface area contributed by atoms with E-state index in [1.54, 1.807) is 0 Å². The van der Waals surface area contributed by atoms with Crippen LogP contribution in [-0.2, 0) is 33.4 Å². The molecule has 128 valence electrons. The third-order valence-corrected chi connectivity index (χ3v) is 2.55. The first-order valence-electron chi connectivity index (χ1n) is 7.02. The van der Waals surface area contributed by atoms with Gasteiger partial charge in [0.25, 0.3) is 11.8 Å². The van der Waals surface area contributed by atoms with Crippen molar-refractivity contribution in [3.05, 3.63) is 0 Å². The molecule has 0 aromatic carbocycles. The van der Waals surface area contributed by atoms with Crippen molar-refractivity contribution in [3.8, 4) is 12.3 Å². The fraction of sp³-hybridized carbons (Fsp3) is 0.643. The maximum absolute atomic E-state index is 11.3. The highest BCUT2D eigenvalue weighted by molar-refractivity contribution is 6.01. The van der Waals surface area contributed by atoms with Crippen LogP contribution in [0.25, 0.3) is 0 Å². The SMILES string of the molecule is C#CCOCCOCCOCCOC(=O)ON1C(=O)CCC1=O. The van der Waals surface area contributed by atoms with Gasteiger partial charge in [0.2, 0.25) is 0 Å². The monoisotopic (exact) mass is 329 g/mol. The Balaban J connectivity index is 1.91. The van der Waals surface area contributed by atoms with Gasteiger partial charge in [0, 0.05) is 12.8 Å². The minimum absolute atomic E-state index is 0.0308. The van der Waals surface area contributed by atoms with Crippen LogP contribution in [0.3, 0.4) is 0 Å². The van der Waals surface area contributed by atoms with Crippen LogP contribution in [0.4, 0.5) is 4.79 Å². The van der Waals surface area contributed by atoms with Crippen LogP contribution >= 0.6 is 0 Å². The van der Waals surface area contributed by atoms with Gasteiger partial charge in [-0.15, -0.1) is 6.42 Å². The molecule has 1 rings (SSSR count). The topological polar surface area (TPSA) is 101 Å². The molecule has 1 heterocycles. The van der Waals surface area contributed by atoms with Gasteiger partial charge in [-0.25, -0.2) is 4.79 Å². The number of hydrogen-bond acceptors (Lipinski definition) is 8. The van der Waals surface area contributed by atoms with E-state index in [-0.39, 0.29) is 32.7 Å². The number of hydrogen-bond donors (Lipinski definition) is 0. The molecule has 0 aromatic heterocycles. The molecule has 0 spiro atoms. The molecule has 9 heteroatoms. The molecule has 1 aliphatic heterocycles. The first-order chi connectivity index (χ1) is 11.1. The fourth-order valence-electron chi connectivity index (χ4n) is 1.51. The number of rotatable bonds is 11. The molecule has 0 aromatic rings. The number of nitrogens with zero attached hydrogens (tertiary/aromatic N) is 1. The Morgan fingerprint density at radius 1 is 0.957 bits per heavy atom. The molecule has 1 saturated heterocycles. The zero-order valence-electron chi connectivity index (χ0n) is 12.7. The Morgan fingerprint density at radius 3 is 2.04 bits per heavy atom. The molecule has 9 nitrogen and oxygen atoms in total. The number of imide groups is 1. The Morgan fingerprint density at radius 2 is 1.48 bits per heavy atom. The maximum atomic E-state index is 11.3. The Hall–Kier alpha value is -2.15. The Bertz CT molecular complexity index is 429. The average Bonchev–Trinajstić information content (AvgIpc) is 2.84. The van der Waals surface area contributed by atoms with Gasteiger partial charge >= 0.3 is 6.16 Å². The van der Waals surface area contributed by atoms with Crippen LogP contribution in [0.1, 0.15) is 12.8 Å². The summed E-state index contributed by atoms with van der Waals surface area (Å²) in [5, 5.41) is 0.416. The fourth-order valence-corrected chi connectivity index (χ4v) is 1.51. The predicted molar refractivity (Wildman–Crippen MR) is 74.8 cm³/mol. The Kier molecular flexibility index (Phi) is 9.38. The van der Waals surface area contributed by atoms with Crippen LogP contribution in [0, 0.1) is 12.3 Å². The van der Waals surface area contributed by atoms with E-state index in [1.165, 1.54) is 0 Å². The Labute approximate surface area is 133 Å². The summed E-state index contributed by atoms with van der Waals surface area (Å²) in [4.78, 5) is 38.1. The summed E-state index contributed by atoms with van der Waals surface area (Å²) < 4.78 is 20.0. The van der Waals surface area contributed by atoms with Gasteiger partial charge in [0.15, 0.2) is 0 Å². The molecule has 1 fully saturated rings. The second kappa shape index (κ2) is 11.4. The maximum Gasteiger partial charge on any atom is 0.534 e. The highest BCUT2D eigenvalue weighted by Crippen LogP contribution is 2.12. The van der Waals surface area contributed by atoms with Crippen molar-refractivity contribution < 1.29 is 38.2 Å². The molecule has 0 aliphatic carbocycles. The highest BCUT2D eigenvalue weighted by atomic mass is 16.8. The first kappa shape index (κ1) is 18.9. The largest absolute Gasteiger partial charge is 0.534 e. The van der Waals surface area contributed by atoms with E-state index in [1.807, 2.05) is 0 Å². The number of carbonyl (C=O) groups is 3. The quantitative estimate of drug-likeness (QED) is 0.224. The van der Waals surface area contributed by atoms with Gasteiger partial charge < -0.3 is 18.9 Å². The lowest BCUT2D eigenvalue weighted by molar-refractivity contribution is -0.177. The van der Waals surface area contributed by atoms with E-state index in [0.29, 0.717) is 31.5 Å². The minimum atomic E-state index is -1.13. The number of carbonyl (C=O) groups excluding carboxylic acids is 3. The molecule has 0 atom stereocenters. The summed E-state index contributed by atoms with van der Waals surface area (Å²) >= 11 is 0. The molecule has 1 aliphatic rings. The van der Waals surface area contributed by atoms with Gasteiger partial charge in [-0.3, -0.25) is 14.4 Å². The molecule has 0 unspecified atom stereocenters. The summed E-state index contributed by atoms with van der Waals surface area (Å²) in [6.07, 6.45) is 3.94. The third kappa shape index (κ3) is 8.15. The van der Waals surface area contributed by atoms with E-state index in [9.17, 15) is 14.4 Å². The van der Waals surface area contributed by atoms with Crippen molar-refractivity contribution in [2.24, 2.45) is 0 Å². The summed E-state index contributed by atoms with van der Waals surface area (Å²) in [5.41, 5.74) is 0. The predicted octanol–water partition coefficient (Wildman–Crippen LogP) is -0.113. The van der Waals surface area contributed by atoms with E-state index < -0.39 is 18.0 Å². The zero-order chi connectivity index (χ0) is 16.9. The standard InChI is InChI=1S/C14H19NO8/c1-2-5-19-6-7-20-8-9-21-10-11-22-14(18)23-15-12(16)3-4-13(15)17/h1H,3-11H2. The van der Waals surface area contributed by atoms with Gasteiger partial charge in [0.05, 0.1) is 33.0 Å². The van der Waals surface area contributed by atoms with E-state index in [2.05, 4.69) is 15.5 Å². The van der Waals surface area contributed by atoms with Crippen LogP contribution in [0.15, 0.2) is 0 Å². The van der Waals surface area contributed by atoms with Gasteiger partial charge in [0.1, 0.15) is 13.2 Å². The molecular weight excluding hydrogens is 310 g/mol. The van der Waals surface area contributed by atoms with Crippen LogP contribution < -0.4 is 0 Å². The lowest BCUT2D eigenvalue weighted by Gasteiger charge is -2.12. The van der Waals surface area contributed by atoms with Crippen molar-refractivity contribution in [2.45, 2.75) is 12.8 Å². The van der Waals surface area contributed by atoms with E-state index >= 15 is 0 Å². The third-order valence-electron chi connectivity index (χ3n) is 2.55. The summed E-state index contributed by atoms with van der Waals surface area (Å²) in [6, 6.07) is 0. The van der Waals surface area contributed by atoms with Gasteiger partial charge in [-0.2, -0.15) is 0 Å². The molecule has 0 bridgehead atoms. The second-order valence-electron chi connectivity index (χ2n) is 4.25. The van der Waals surface area contributed by atoms with Crippen molar-refractivity contribution >= 4 is 18.0 Å². The lowest BCUT2D eigenvalue weighted by Crippen LogP contribution is -2.32. The molecule has 2 amide bonds. The molecule has 23 heavy (non-hydrogen) atoms. The van der Waals surface area contributed by atoms with Gasteiger partial charge in [-0.1, -0.05) is 11.0 Å². The normalized spacial score (nSPS) is 14.0. The second-order valence-corrected chi connectivity index (χ2v) is 4.25. The number of terminal acetylenes is 1. The smallest absolute Gasteiger partial charge is 0.430 e.